The third kappa shape index (κ3) is 1.98. The van der Waals surface area contributed by atoms with Crippen LogP contribution in [0.4, 0.5) is 0 Å². The molecule has 3 saturated carbocycles. The Morgan fingerprint density at radius 1 is 1.09 bits per heavy atom. The van der Waals surface area contributed by atoms with Crippen LogP contribution >= 0.6 is 0 Å². The molecule has 0 spiro atoms. The van der Waals surface area contributed by atoms with Crippen LogP contribution in [-0.4, -0.2) is 6.04 Å². The first-order valence-corrected chi connectivity index (χ1v) is 9.29. The summed E-state index contributed by atoms with van der Waals surface area (Å²) < 4.78 is 0. The van der Waals surface area contributed by atoms with Crippen LogP contribution in [0.25, 0.3) is 10.4 Å². The Morgan fingerprint density at radius 2 is 1.95 bits per heavy atom. The van der Waals surface area contributed by atoms with Crippen molar-refractivity contribution in [1.29, 1.82) is 0 Å². The topological polar surface area (TPSA) is 48.8 Å². The van der Waals surface area contributed by atoms with E-state index in [2.05, 4.69) is 36.0 Å². The van der Waals surface area contributed by atoms with Crippen molar-refractivity contribution in [2.75, 3.05) is 0 Å². The molecule has 0 aromatic rings. The second-order valence-electron chi connectivity index (χ2n) is 8.97. The number of nitrogens with zero attached hydrogens (tertiary/aromatic N) is 3. The lowest BCUT2D eigenvalue weighted by molar-refractivity contribution is -0.0995. The Bertz CT molecular complexity index is 535. The van der Waals surface area contributed by atoms with Crippen LogP contribution in [0.5, 0.6) is 0 Å². The lowest BCUT2D eigenvalue weighted by atomic mass is 9.45. The molecule has 0 aromatic heterocycles. The largest absolute Gasteiger partial charge is 0.0906 e. The van der Waals surface area contributed by atoms with E-state index in [0.29, 0.717) is 10.8 Å². The van der Waals surface area contributed by atoms with Crippen molar-refractivity contribution in [2.45, 2.75) is 71.3 Å². The van der Waals surface area contributed by atoms with Gasteiger partial charge in [-0.1, -0.05) is 31.1 Å². The maximum Gasteiger partial charge on any atom is 0.0377 e. The Balaban J connectivity index is 1.58. The molecule has 120 valence electrons. The zero-order valence-electron chi connectivity index (χ0n) is 14.0. The van der Waals surface area contributed by atoms with E-state index in [1.807, 2.05) is 0 Å². The molecule has 4 aliphatic rings. The van der Waals surface area contributed by atoms with Crippen LogP contribution < -0.4 is 0 Å². The summed E-state index contributed by atoms with van der Waals surface area (Å²) in [6, 6.07) is 0.265. The fourth-order valence-electron chi connectivity index (χ4n) is 6.90. The third-order valence-electron chi connectivity index (χ3n) is 8.18. The van der Waals surface area contributed by atoms with E-state index < -0.39 is 0 Å². The SMILES string of the molecule is C[C@@]12C=CCC1C1CC[C@H]3C[C@H](N=[N+]=[N-])CC[C@]3(C)C1CC2. The molecule has 0 saturated heterocycles. The first kappa shape index (κ1) is 14.6. The van der Waals surface area contributed by atoms with E-state index in [9.17, 15) is 0 Å². The minimum Gasteiger partial charge on any atom is -0.0906 e. The number of azide groups is 1. The lowest BCUT2D eigenvalue weighted by Crippen LogP contribution is -2.53. The third-order valence-corrected chi connectivity index (χ3v) is 8.18. The molecular formula is C19H29N3. The van der Waals surface area contributed by atoms with Gasteiger partial charge in [0.05, 0.1) is 0 Å². The molecule has 0 bridgehead atoms. The maximum atomic E-state index is 8.75. The van der Waals surface area contributed by atoms with E-state index in [0.717, 1.165) is 36.5 Å². The van der Waals surface area contributed by atoms with Crippen molar-refractivity contribution in [1.82, 2.24) is 0 Å². The molecule has 3 heteroatoms. The monoisotopic (exact) mass is 299 g/mol. The smallest absolute Gasteiger partial charge is 0.0377 e. The van der Waals surface area contributed by atoms with Crippen LogP contribution in [0, 0.1) is 34.5 Å². The Hall–Kier alpha value is -0.950. The van der Waals surface area contributed by atoms with Crippen LogP contribution in [0.15, 0.2) is 17.3 Å². The van der Waals surface area contributed by atoms with E-state index >= 15 is 0 Å². The highest BCUT2D eigenvalue weighted by Crippen LogP contribution is 2.65. The molecule has 3 unspecified atom stereocenters. The first-order valence-electron chi connectivity index (χ1n) is 9.29. The first-order chi connectivity index (χ1) is 10.6. The maximum absolute atomic E-state index is 8.75. The molecule has 0 aromatic carbocycles. The van der Waals surface area contributed by atoms with E-state index in [1.165, 1.54) is 38.5 Å². The van der Waals surface area contributed by atoms with Gasteiger partial charge in [0.15, 0.2) is 0 Å². The van der Waals surface area contributed by atoms with Crippen molar-refractivity contribution >= 4 is 0 Å². The molecule has 22 heavy (non-hydrogen) atoms. The summed E-state index contributed by atoms with van der Waals surface area (Å²) in [5.41, 5.74) is 9.75. The van der Waals surface area contributed by atoms with Gasteiger partial charge in [-0.3, -0.25) is 0 Å². The second kappa shape index (κ2) is 5.03. The highest BCUT2D eigenvalue weighted by atomic mass is 15.1. The molecule has 0 amide bonds. The minimum atomic E-state index is 0.265. The standard InChI is InChI=1S/C19H29N3/c1-18-9-3-4-16(18)15-6-5-13-12-14(21-22-20)7-11-19(13,2)17(15)8-10-18/h3,9,13-17H,4-8,10-12H2,1-2H3/t13-,14+,15?,16?,17?,18-,19-/m0/s1. The molecule has 0 heterocycles. The highest BCUT2D eigenvalue weighted by Gasteiger charge is 2.56. The van der Waals surface area contributed by atoms with Crippen molar-refractivity contribution in [3.8, 4) is 0 Å². The van der Waals surface area contributed by atoms with Crippen LogP contribution in [0.2, 0.25) is 0 Å². The van der Waals surface area contributed by atoms with Gasteiger partial charge in [0, 0.05) is 11.0 Å². The molecule has 0 aliphatic heterocycles. The highest BCUT2D eigenvalue weighted by molar-refractivity contribution is 5.16. The predicted octanol–water partition coefficient (Wildman–Crippen LogP) is 5.87. The molecule has 4 rings (SSSR count). The Kier molecular flexibility index (Phi) is 3.34. The molecule has 0 N–H and O–H groups in total. The summed E-state index contributed by atoms with van der Waals surface area (Å²) in [6.07, 6.45) is 15.4. The number of fused-ring (bicyclic) bond motifs is 5. The predicted molar refractivity (Wildman–Crippen MR) is 89.2 cm³/mol. The van der Waals surface area contributed by atoms with Gasteiger partial charge >= 0.3 is 0 Å². The van der Waals surface area contributed by atoms with Crippen molar-refractivity contribution < 1.29 is 0 Å². The molecule has 3 nitrogen and oxygen atoms in total. The zero-order chi connectivity index (χ0) is 15.4. The van der Waals surface area contributed by atoms with Crippen LogP contribution in [0.1, 0.15) is 65.2 Å². The second-order valence-corrected chi connectivity index (χ2v) is 8.97. The van der Waals surface area contributed by atoms with Gasteiger partial charge in [0.1, 0.15) is 0 Å². The number of hydrogen-bond donors (Lipinski definition) is 0. The van der Waals surface area contributed by atoms with Crippen LogP contribution in [0.3, 0.4) is 0 Å². The molecule has 0 radical (unpaired) electrons. The summed E-state index contributed by atoms with van der Waals surface area (Å²) in [4.78, 5) is 3.07. The van der Waals surface area contributed by atoms with Crippen molar-refractivity contribution in [2.24, 2.45) is 39.6 Å². The Labute approximate surface area is 134 Å². The number of hydrogen-bond acceptors (Lipinski definition) is 1. The normalized spacial score (nSPS) is 53.1. The molecule has 3 fully saturated rings. The van der Waals surface area contributed by atoms with Crippen molar-refractivity contribution in [3.05, 3.63) is 22.6 Å². The average molecular weight is 299 g/mol. The number of rotatable bonds is 1. The summed E-state index contributed by atoms with van der Waals surface area (Å²) in [5.74, 6) is 3.54. The number of allylic oxidation sites excluding steroid dienone is 2. The summed E-state index contributed by atoms with van der Waals surface area (Å²) >= 11 is 0. The van der Waals surface area contributed by atoms with Gasteiger partial charge in [-0.2, -0.15) is 0 Å². The van der Waals surface area contributed by atoms with E-state index in [-0.39, 0.29) is 6.04 Å². The minimum absolute atomic E-state index is 0.265. The fourth-order valence-corrected chi connectivity index (χ4v) is 6.90. The fraction of sp³-hybridized carbons (Fsp3) is 0.895. The summed E-state index contributed by atoms with van der Waals surface area (Å²) in [6.45, 7) is 5.08. The summed E-state index contributed by atoms with van der Waals surface area (Å²) in [7, 11) is 0. The van der Waals surface area contributed by atoms with Gasteiger partial charge in [0.2, 0.25) is 0 Å². The van der Waals surface area contributed by atoms with Gasteiger partial charge in [-0.05, 0) is 91.4 Å². The van der Waals surface area contributed by atoms with E-state index in [4.69, 9.17) is 5.53 Å². The van der Waals surface area contributed by atoms with Crippen molar-refractivity contribution in [3.63, 3.8) is 0 Å². The van der Waals surface area contributed by atoms with Gasteiger partial charge in [-0.25, -0.2) is 0 Å². The molecule has 7 atom stereocenters. The average Bonchev–Trinajstić information content (AvgIpc) is 2.89. The summed E-state index contributed by atoms with van der Waals surface area (Å²) in [5, 5.41) is 4.04. The molecular weight excluding hydrogens is 270 g/mol. The zero-order valence-corrected chi connectivity index (χ0v) is 14.0. The quantitative estimate of drug-likeness (QED) is 0.251. The van der Waals surface area contributed by atoms with Gasteiger partial charge in [0.25, 0.3) is 0 Å². The Morgan fingerprint density at radius 3 is 2.77 bits per heavy atom. The van der Waals surface area contributed by atoms with Gasteiger partial charge < -0.3 is 0 Å². The van der Waals surface area contributed by atoms with E-state index in [1.54, 1.807) is 0 Å². The van der Waals surface area contributed by atoms with Gasteiger partial charge in [-0.15, -0.1) is 0 Å². The van der Waals surface area contributed by atoms with Crippen LogP contribution in [-0.2, 0) is 0 Å². The molecule has 4 aliphatic carbocycles. The lowest BCUT2D eigenvalue weighted by Gasteiger charge is -2.60.